The van der Waals surface area contributed by atoms with Crippen molar-refractivity contribution < 1.29 is 14.3 Å². The largest absolute Gasteiger partial charge is 0.494 e. The standard InChI is InChI=1S/C21H22ClN3O3S/c1-3-25-19(26)13-18(29-21(25)24-16-7-5-6-14(22)12-16)20(27)23-15-8-10-17(11-9-15)28-4-2/h5-12,18H,3-4,13H2,1-2H3,(H,23,27). The summed E-state index contributed by atoms with van der Waals surface area (Å²) in [6.45, 7) is 4.86. The minimum absolute atomic E-state index is 0.121. The van der Waals surface area contributed by atoms with Crippen LogP contribution < -0.4 is 10.1 Å². The zero-order chi connectivity index (χ0) is 20.8. The molecule has 2 aromatic carbocycles. The van der Waals surface area contributed by atoms with Crippen molar-refractivity contribution >= 4 is 51.7 Å². The Labute approximate surface area is 179 Å². The summed E-state index contributed by atoms with van der Waals surface area (Å²) in [6.07, 6.45) is 0.121. The fourth-order valence-corrected chi connectivity index (χ4v) is 4.18. The maximum Gasteiger partial charge on any atom is 0.238 e. The average Bonchev–Trinajstić information content (AvgIpc) is 2.69. The summed E-state index contributed by atoms with van der Waals surface area (Å²) in [5, 5.41) is 3.37. The second kappa shape index (κ2) is 9.80. The topological polar surface area (TPSA) is 71.0 Å². The van der Waals surface area contributed by atoms with Gasteiger partial charge in [0.15, 0.2) is 5.17 Å². The number of halogens is 1. The maximum atomic E-state index is 12.8. The summed E-state index contributed by atoms with van der Waals surface area (Å²) in [5.74, 6) is 0.378. The van der Waals surface area contributed by atoms with Gasteiger partial charge < -0.3 is 10.1 Å². The minimum Gasteiger partial charge on any atom is -0.494 e. The molecule has 1 unspecified atom stereocenters. The second-order valence-electron chi connectivity index (χ2n) is 6.27. The van der Waals surface area contributed by atoms with Crippen molar-refractivity contribution in [3.05, 3.63) is 53.6 Å². The van der Waals surface area contributed by atoms with E-state index in [0.717, 1.165) is 5.75 Å². The van der Waals surface area contributed by atoms with E-state index in [9.17, 15) is 9.59 Å². The van der Waals surface area contributed by atoms with Gasteiger partial charge in [-0.15, -0.1) is 0 Å². The van der Waals surface area contributed by atoms with E-state index in [1.807, 2.05) is 13.8 Å². The van der Waals surface area contributed by atoms with Crippen molar-refractivity contribution in [1.82, 2.24) is 4.90 Å². The third kappa shape index (κ3) is 5.52. The molecule has 152 valence electrons. The first-order chi connectivity index (χ1) is 14.0. The highest BCUT2D eigenvalue weighted by molar-refractivity contribution is 8.15. The van der Waals surface area contributed by atoms with Gasteiger partial charge >= 0.3 is 0 Å². The fraction of sp³-hybridized carbons (Fsp3) is 0.286. The van der Waals surface area contributed by atoms with Crippen LogP contribution in [0.2, 0.25) is 5.02 Å². The van der Waals surface area contributed by atoms with Crippen LogP contribution in [0.4, 0.5) is 11.4 Å². The van der Waals surface area contributed by atoms with Crippen molar-refractivity contribution in [2.24, 2.45) is 4.99 Å². The number of aliphatic imine (C=N–C) groups is 1. The second-order valence-corrected chi connectivity index (χ2v) is 7.88. The van der Waals surface area contributed by atoms with Gasteiger partial charge in [0.1, 0.15) is 11.0 Å². The van der Waals surface area contributed by atoms with Crippen molar-refractivity contribution in [1.29, 1.82) is 0 Å². The Morgan fingerprint density at radius 3 is 2.69 bits per heavy atom. The van der Waals surface area contributed by atoms with E-state index in [2.05, 4.69) is 10.3 Å². The van der Waals surface area contributed by atoms with Gasteiger partial charge in [-0.25, -0.2) is 4.99 Å². The van der Waals surface area contributed by atoms with Crippen molar-refractivity contribution in [3.8, 4) is 5.75 Å². The van der Waals surface area contributed by atoms with Gasteiger partial charge in [0, 0.05) is 23.7 Å². The predicted octanol–water partition coefficient (Wildman–Crippen LogP) is 4.72. The van der Waals surface area contributed by atoms with Crippen LogP contribution >= 0.6 is 23.4 Å². The summed E-state index contributed by atoms with van der Waals surface area (Å²) in [4.78, 5) is 31.5. The van der Waals surface area contributed by atoms with Crippen LogP contribution in [0.15, 0.2) is 53.5 Å². The molecule has 0 radical (unpaired) electrons. The Balaban J connectivity index is 1.75. The number of anilines is 1. The van der Waals surface area contributed by atoms with Crippen molar-refractivity contribution in [2.75, 3.05) is 18.5 Å². The number of rotatable bonds is 6. The lowest BCUT2D eigenvalue weighted by molar-refractivity contribution is -0.129. The van der Waals surface area contributed by atoms with Crippen LogP contribution in [0.3, 0.4) is 0 Å². The van der Waals surface area contributed by atoms with Crippen LogP contribution in [0.1, 0.15) is 20.3 Å². The molecule has 1 atom stereocenters. The number of nitrogens with zero attached hydrogens (tertiary/aromatic N) is 2. The number of ether oxygens (including phenoxy) is 1. The highest BCUT2D eigenvalue weighted by atomic mass is 35.5. The Morgan fingerprint density at radius 2 is 2.03 bits per heavy atom. The number of carbonyl (C=O) groups is 2. The number of hydrogen-bond donors (Lipinski definition) is 1. The number of amidine groups is 1. The fourth-order valence-electron chi connectivity index (χ4n) is 2.83. The Kier molecular flexibility index (Phi) is 7.17. The van der Waals surface area contributed by atoms with E-state index < -0.39 is 5.25 Å². The smallest absolute Gasteiger partial charge is 0.238 e. The number of benzene rings is 2. The molecule has 6 nitrogen and oxygen atoms in total. The van der Waals surface area contributed by atoms with E-state index in [-0.39, 0.29) is 18.2 Å². The third-order valence-electron chi connectivity index (χ3n) is 4.21. The summed E-state index contributed by atoms with van der Waals surface area (Å²) in [7, 11) is 0. The first-order valence-corrected chi connectivity index (χ1v) is 10.6. The number of hydrogen-bond acceptors (Lipinski definition) is 5. The van der Waals surface area contributed by atoms with Gasteiger partial charge in [-0.3, -0.25) is 14.5 Å². The summed E-state index contributed by atoms with van der Waals surface area (Å²) >= 11 is 7.31. The Morgan fingerprint density at radius 1 is 1.28 bits per heavy atom. The lowest BCUT2D eigenvalue weighted by Gasteiger charge is -2.30. The first kappa shape index (κ1) is 21.2. The minimum atomic E-state index is -0.560. The summed E-state index contributed by atoms with van der Waals surface area (Å²) in [5.41, 5.74) is 1.29. The maximum absolute atomic E-state index is 12.8. The molecule has 3 rings (SSSR count). The highest BCUT2D eigenvalue weighted by Crippen LogP contribution is 2.30. The van der Waals surface area contributed by atoms with Crippen molar-refractivity contribution in [3.63, 3.8) is 0 Å². The van der Waals surface area contributed by atoms with Crippen LogP contribution in [-0.2, 0) is 9.59 Å². The van der Waals surface area contributed by atoms with E-state index in [1.165, 1.54) is 11.8 Å². The number of nitrogens with one attached hydrogen (secondary N) is 1. The van der Waals surface area contributed by atoms with Crippen LogP contribution in [-0.4, -0.2) is 40.3 Å². The molecular weight excluding hydrogens is 410 g/mol. The lowest BCUT2D eigenvalue weighted by atomic mass is 10.2. The highest BCUT2D eigenvalue weighted by Gasteiger charge is 2.35. The summed E-state index contributed by atoms with van der Waals surface area (Å²) < 4.78 is 5.41. The predicted molar refractivity (Wildman–Crippen MR) is 118 cm³/mol. The lowest BCUT2D eigenvalue weighted by Crippen LogP contribution is -2.45. The zero-order valence-electron chi connectivity index (χ0n) is 16.2. The number of carbonyl (C=O) groups excluding carboxylic acids is 2. The third-order valence-corrected chi connectivity index (χ3v) is 5.64. The van der Waals surface area contributed by atoms with Gasteiger partial charge in [0.05, 0.1) is 12.3 Å². The van der Waals surface area contributed by atoms with Gasteiger partial charge in [-0.1, -0.05) is 29.4 Å². The molecule has 1 aliphatic rings. The molecule has 1 N–H and O–H groups in total. The van der Waals surface area contributed by atoms with Gasteiger partial charge in [0.25, 0.3) is 0 Å². The summed E-state index contributed by atoms with van der Waals surface area (Å²) in [6, 6.07) is 14.2. The molecule has 0 bridgehead atoms. The molecule has 1 fully saturated rings. The van der Waals surface area contributed by atoms with E-state index in [4.69, 9.17) is 16.3 Å². The van der Waals surface area contributed by atoms with Crippen LogP contribution in [0.25, 0.3) is 0 Å². The molecule has 0 aliphatic carbocycles. The van der Waals surface area contributed by atoms with Crippen LogP contribution in [0.5, 0.6) is 5.75 Å². The Hall–Kier alpha value is -2.51. The number of thioether (sulfide) groups is 1. The monoisotopic (exact) mass is 431 g/mol. The van der Waals surface area contributed by atoms with Crippen LogP contribution in [0, 0.1) is 0 Å². The molecule has 2 aromatic rings. The zero-order valence-corrected chi connectivity index (χ0v) is 17.8. The van der Waals surface area contributed by atoms with E-state index >= 15 is 0 Å². The molecule has 1 aliphatic heterocycles. The molecule has 2 amide bonds. The molecule has 0 aromatic heterocycles. The molecule has 0 spiro atoms. The molecular formula is C21H22ClN3O3S. The SMILES string of the molecule is CCOc1ccc(NC(=O)C2CC(=O)N(CC)C(=Nc3cccc(Cl)c3)S2)cc1. The van der Waals surface area contributed by atoms with Gasteiger partial charge in [-0.05, 0) is 56.3 Å². The van der Waals surface area contributed by atoms with Crippen molar-refractivity contribution in [2.45, 2.75) is 25.5 Å². The van der Waals surface area contributed by atoms with Gasteiger partial charge in [0.2, 0.25) is 11.8 Å². The molecule has 29 heavy (non-hydrogen) atoms. The van der Waals surface area contributed by atoms with E-state index in [1.54, 1.807) is 53.4 Å². The van der Waals surface area contributed by atoms with Gasteiger partial charge in [-0.2, -0.15) is 0 Å². The average molecular weight is 432 g/mol. The van der Waals surface area contributed by atoms with E-state index in [0.29, 0.717) is 34.7 Å². The number of amides is 2. The first-order valence-electron chi connectivity index (χ1n) is 9.35. The molecule has 1 heterocycles. The quantitative estimate of drug-likeness (QED) is 0.718. The molecule has 1 saturated heterocycles. The normalized spacial score (nSPS) is 18.0. The Bertz CT molecular complexity index is 918. The molecule has 8 heteroatoms. The molecule has 0 saturated carbocycles.